The summed E-state index contributed by atoms with van der Waals surface area (Å²) < 4.78 is 0. The average molecular weight is 407 g/mol. The van der Waals surface area contributed by atoms with Gasteiger partial charge in [-0.1, -0.05) is 20.8 Å². The number of nitrogens with one attached hydrogen (secondary N) is 1. The van der Waals surface area contributed by atoms with Crippen molar-refractivity contribution in [3.63, 3.8) is 0 Å². The van der Waals surface area contributed by atoms with E-state index in [2.05, 4.69) is 41.3 Å². The number of carbonyl (C=O) groups excluding carboxylic acids is 1. The molecule has 2 saturated heterocycles. The maximum atomic E-state index is 12.3. The molecule has 1 aromatic rings. The first-order chi connectivity index (χ1) is 13.5. The predicted molar refractivity (Wildman–Crippen MR) is 117 cm³/mol. The summed E-state index contributed by atoms with van der Waals surface area (Å²) in [5.41, 5.74) is 1.22. The molecule has 0 bridgehead atoms. The molecule has 0 saturated carbocycles. The van der Waals surface area contributed by atoms with Gasteiger partial charge in [-0.15, -0.1) is 11.3 Å². The predicted octanol–water partition coefficient (Wildman–Crippen LogP) is 3.86. The van der Waals surface area contributed by atoms with Crippen molar-refractivity contribution in [2.45, 2.75) is 77.8 Å². The van der Waals surface area contributed by atoms with Gasteiger partial charge in [0.25, 0.3) is 0 Å². The Morgan fingerprint density at radius 2 is 2.07 bits per heavy atom. The number of aromatic nitrogens is 1. The number of thiazole rings is 1. The molecular weight excluding hydrogens is 368 g/mol. The van der Waals surface area contributed by atoms with Crippen LogP contribution >= 0.6 is 11.3 Å². The van der Waals surface area contributed by atoms with Gasteiger partial charge in [0.15, 0.2) is 0 Å². The number of likely N-dealkylation sites (tertiary alicyclic amines) is 2. The molecular formula is C22H38N4OS. The zero-order valence-electron chi connectivity index (χ0n) is 18.0. The van der Waals surface area contributed by atoms with Crippen molar-refractivity contribution in [1.82, 2.24) is 20.1 Å². The smallest absolute Gasteiger partial charge is 0.220 e. The van der Waals surface area contributed by atoms with Crippen LogP contribution in [0.2, 0.25) is 0 Å². The van der Waals surface area contributed by atoms with Gasteiger partial charge in [-0.05, 0) is 70.1 Å². The second-order valence-corrected chi connectivity index (χ2v) is 9.75. The Morgan fingerprint density at radius 1 is 1.29 bits per heavy atom. The normalized spacial score (nSPS) is 22.2. The molecule has 2 aliphatic rings. The van der Waals surface area contributed by atoms with Crippen LogP contribution in [0.15, 0.2) is 5.38 Å². The maximum absolute atomic E-state index is 12.3. The maximum Gasteiger partial charge on any atom is 0.220 e. The Balaban J connectivity index is 1.30. The van der Waals surface area contributed by atoms with E-state index in [0.29, 0.717) is 24.3 Å². The van der Waals surface area contributed by atoms with Crippen molar-refractivity contribution >= 4 is 17.2 Å². The fourth-order valence-corrected chi connectivity index (χ4v) is 5.48. The van der Waals surface area contributed by atoms with E-state index in [9.17, 15) is 4.79 Å². The molecule has 0 unspecified atom stereocenters. The van der Waals surface area contributed by atoms with Crippen molar-refractivity contribution < 1.29 is 4.79 Å². The van der Waals surface area contributed by atoms with Crippen LogP contribution in [0.25, 0.3) is 0 Å². The summed E-state index contributed by atoms with van der Waals surface area (Å²) in [4.78, 5) is 22.0. The van der Waals surface area contributed by atoms with Crippen LogP contribution in [-0.2, 0) is 11.3 Å². The number of piperidine rings is 1. The van der Waals surface area contributed by atoms with E-state index in [1.807, 2.05) is 0 Å². The summed E-state index contributed by atoms with van der Waals surface area (Å²) in [7, 11) is 0. The summed E-state index contributed by atoms with van der Waals surface area (Å²) in [5.74, 6) is 1.46. The minimum atomic E-state index is 0.245. The topological polar surface area (TPSA) is 48.5 Å². The van der Waals surface area contributed by atoms with Crippen molar-refractivity contribution in [3.05, 3.63) is 16.1 Å². The number of carbonyl (C=O) groups is 1. The first kappa shape index (κ1) is 21.7. The lowest BCUT2D eigenvalue weighted by Crippen LogP contribution is -2.40. The van der Waals surface area contributed by atoms with Crippen molar-refractivity contribution in [2.75, 3.05) is 32.7 Å². The summed E-state index contributed by atoms with van der Waals surface area (Å²) in [5, 5.41) is 6.63. The number of amides is 1. The van der Waals surface area contributed by atoms with Gasteiger partial charge >= 0.3 is 0 Å². The van der Waals surface area contributed by atoms with Gasteiger partial charge < -0.3 is 5.32 Å². The Bertz CT molecular complexity index is 609. The van der Waals surface area contributed by atoms with Gasteiger partial charge in [0, 0.05) is 24.4 Å². The first-order valence-corrected chi connectivity index (χ1v) is 12.1. The monoisotopic (exact) mass is 406 g/mol. The largest absolute Gasteiger partial charge is 0.355 e. The molecule has 0 aromatic carbocycles. The minimum Gasteiger partial charge on any atom is -0.355 e. The molecule has 6 heteroatoms. The Kier molecular flexibility index (Phi) is 8.30. The molecule has 158 valence electrons. The number of nitrogens with zero attached hydrogens (tertiary/aromatic N) is 3. The van der Waals surface area contributed by atoms with Crippen molar-refractivity contribution in [1.29, 1.82) is 0 Å². The van der Waals surface area contributed by atoms with Crippen LogP contribution in [0.1, 0.15) is 75.9 Å². The molecule has 1 amide bonds. The highest BCUT2D eigenvalue weighted by atomic mass is 32.1. The molecule has 2 aliphatic heterocycles. The van der Waals surface area contributed by atoms with Gasteiger partial charge in [-0.25, -0.2) is 4.98 Å². The van der Waals surface area contributed by atoms with Crippen LogP contribution in [0, 0.1) is 5.92 Å². The third-order valence-corrected chi connectivity index (χ3v) is 7.30. The SMILES string of the molecule is CCN1CCC[C@H]1CNC(=O)CCC1CCN(Cc2nc(C(C)C)cs2)CC1. The molecule has 0 spiro atoms. The molecule has 0 radical (unpaired) electrons. The van der Waals surface area contributed by atoms with E-state index < -0.39 is 0 Å². The van der Waals surface area contributed by atoms with Gasteiger partial charge in [0.1, 0.15) is 5.01 Å². The third kappa shape index (κ3) is 6.26. The fraction of sp³-hybridized carbons (Fsp3) is 0.818. The van der Waals surface area contributed by atoms with Gasteiger partial charge in [0.05, 0.1) is 12.2 Å². The highest BCUT2D eigenvalue weighted by molar-refractivity contribution is 7.09. The molecule has 1 atom stereocenters. The van der Waals surface area contributed by atoms with Crippen LogP contribution in [0.4, 0.5) is 0 Å². The van der Waals surface area contributed by atoms with Crippen LogP contribution < -0.4 is 5.32 Å². The Labute approximate surface area is 174 Å². The van der Waals surface area contributed by atoms with E-state index in [1.165, 1.54) is 42.9 Å². The van der Waals surface area contributed by atoms with E-state index in [-0.39, 0.29) is 5.91 Å². The zero-order chi connectivity index (χ0) is 19.9. The summed E-state index contributed by atoms with van der Waals surface area (Å²) in [6.07, 6.45) is 6.64. The van der Waals surface area contributed by atoms with Crippen molar-refractivity contribution in [2.24, 2.45) is 5.92 Å². The third-order valence-electron chi connectivity index (χ3n) is 6.45. The van der Waals surface area contributed by atoms with E-state index in [4.69, 9.17) is 4.98 Å². The lowest BCUT2D eigenvalue weighted by molar-refractivity contribution is -0.121. The number of hydrogen-bond acceptors (Lipinski definition) is 5. The Hall–Kier alpha value is -0.980. The molecule has 3 heterocycles. The van der Waals surface area contributed by atoms with E-state index in [1.54, 1.807) is 11.3 Å². The number of likely N-dealkylation sites (N-methyl/N-ethyl adjacent to an activating group) is 1. The zero-order valence-corrected chi connectivity index (χ0v) is 18.8. The summed E-state index contributed by atoms with van der Waals surface area (Å²) >= 11 is 1.79. The second-order valence-electron chi connectivity index (χ2n) is 8.81. The minimum absolute atomic E-state index is 0.245. The molecule has 5 nitrogen and oxygen atoms in total. The highest BCUT2D eigenvalue weighted by Gasteiger charge is 2.24. The lowest BCUT2D eigenvalue weighted by atomic mass is 9.92. The molecule has 3 rings (SSSR count). The second kappa shape index (κ2) is 10.7. The van der Waals surface area contributed by atoms with Crippen molar-refractivity contribution in [3.8, 4) is 0 Å². The number of rotatable bonds is 9. The standard InChI is InChI=1S/C22H38N4OS/c1-4-26-11-5-6-19(26)14-23-21(27)8-7-18-9-12-25(13-10-18)15-22-24-20(16-28-22)17(2)3/h16-19H,4-15H2,1-3H3,(H,23,27)/t19-/m0/s1. The average Bonchev–Trinajstić information content (AvgIpc) is 3.35. The summed E-state index contributed by atoms with van der Waals surface area (Å²) in [6, 6.07) is 0.555. The van der Waals surface area contributed by atoms with E-state index in [0.717, 1.165) is 39.1 Å². The Morgan fingerprint density at radius 3 is 2.75 bits per heavy atom. The molecule has 2 fully saturated rings. The first-order valence-electron chi connectivity index (χ1n) is 11.2. The van der Waals surface area contributed by atoms with Gasteiger partial charge in [-0.3, -0.25) is 14.6 Å². The summed E-state index contributed by atoms with van der Waals surface area (Å²) in [6.45, 7) is 13.0. The van der Waals surface area contributed by atoms with E-state index >= 15 is 0 Å². The lowest BCUT2D eigenvalue weighted by Gasteiger charge is -2.31. The fourth-order valence-electron chi connectivity index (χ4n) is 4.49. The van der Waals surface area contributed by atoms with Crippen LogP contribution in [0.3, 0.4) is 0 Å². The molecule has 0 aliphatic carbocycles. The quantitative estimate of drug-likeness (QED) is 0.676. The molecule has 1 aromatic heterocycles. The van der Waals surface area contributed by atoms with Gasteiger partial charge in [0.2, 0.25) is 5.91 Å². The molecule has 28 heavy (non-hydrogen) atoms. The van der Waals surface area contributed by atoms with Crippen LogP contribution in [0.5, 0.6) is 0 Å². The van der Waals surface area contributed by atoms with Crippen LogP contribution in [-0.4, -0.2) is 59.5 Å². The van der Waals surface area contributed by atoms with Gasteiger partial charge in [-0.2, -0.15) is 0 Å². The number of hydrogen-bond donors (Lipinski definition) is 1. The highest BCUT2D eigenvalue weighted by Crippen LogP contribution is 2.25. The molecule has 1 N–H and O–H groups in total.